The van der Waals surface area contributed by atoms with Gasteiger partial charge in [0.1, 0.15) is 4.83 Å². The van der Waals surface area contributed by atoms with Crippen LogP contribution in [0.1, 0.15) is 16.1 Å². The molecule has 3 saturated heterocycles. The zero-order valence-electron chi connectivity index (χ0n) is 24.0. The van der Waals surface area contributed by atoms with Crippen LogP contribution >= 0.6 is 11.3 Å². The van der Waals surface area contributed by atoms with Crippen LogP contribution in [0.5, 0.6) is 0 Å². The lowest BCUT2D eigenvalue weighted by molar-refractivity contribution is -0.132. The van der Waals surface area contributed by atoms with Crippen LogP contribution < -0.4 is 20.4 Å². The van der Waals surface area contributed by atoms with Crippen LogP contribution in [0.15, 0.2) is 48.8 Å². The molecule has 224 valence electrons. The quantitative estimate of drug-likeness (QED) is 0.290. The largest absolute Gasteiger partial charge is 0.368 e. The maximum atomic E-state index is 13.1. The number of aromatic nitrogens is 4. The first-order valence-electron chi connectivity index (χ1n) is 15.0. The summed E-state index contributed by atoms with van der Waals surface area (Å²) in [7, 11) is 0. The number of rotatable bonds is 7. The highest BCUT2D eigenvalue weighted by atomic mass is 32.1. The molecule has 3 aromatic heterocycles. The lowest BCUT2D eigenvalue weighted by Crippen LogP contribution is -2.51. The van der Waals surface area contributed by atoms with E-state index in [0.29, 0.717) is 31.1 Å². The van der Waals surface area contributed by atoms with Gasteiger partial charge in [0.05, 0.1) is 16.8 Å². The van der Waals surface area contributed by atoms with Gasteiger partial charge in [-0.1, -0.05) is 0 Å². The molecular weight excluding hydrogens is 564 g/mol. The number of benzene rings is 1. The van der Waals surface area contributed by atoms with E-state index < -0.39 is 0 Å². The molecule has 3 N–H and O–H groups in total. The molecule has 0 spiro atoms. The second-order valence-corrected chi connectivity index (χ2v) is 12.4. The summed E-state index contributed by atoms with van der Waals surface area (Å²) in [5.74, 6) is 1.74. The summed E-state index contributed by atoms with van der Waals surface area (Å²) in [6, 6.07) is 12.1. The van der Waals surface area contributed by atoms with Crippen LogP contribution in [0.2, 0.25) is 0 Å². The molecule has 7 rings (SSSR count). The van der Waals surface area contributed by atoms with Crippen molar-refractivity contribution in [1.29, 1.82) is 0 Å². The molecule has 1 atom stereocenters. The highest BCUT2D eigenvalue weighted by Gasteiger charge is 2.29. The summed E-state index contributed by atoms with van der Waals surface area (Å²) in [5.41, 5.74) is 2.13. The van der Waals surface area contributed by atoms with Gasteiger partial charge in [0.25, 0.3) is 5.91 Å². The van der Waals surface area contributed by atoms with E-state index in [1.165, 1.54) is 11.3 Å². The average molecular weight is 601 g/mol. The first kappa shape index (κ1) is 27.7. The van der Waals surface area contributed by atoms with E-state index in [1.807, 2.05) is 29.2 Å². The highest BCUT2D eigenvalue weighted by Crippen LogP contribution is 2.31. The number of fused-ring (bicyclic) bond motifs is 1. The van der Waals surface area contributed by atoms with E-state index in [-0.39, 0.29) is 17.9 Å². The van der Waals surface area contributed by atoms with Gasteiger partial charge in [-0.15, -0.1) is 11.3 Å². The standard InChI is InChI=1S/C30H36N10O2S/c41-26(39-16-14-38(15-17-39)23-4-2-21(3-5-23)27-32-7-1-8-33-27)20-37-11-6-22(19-37)34-29(42)25-18-24-28(35-36-30(24)43-25)40-12-9-31-10-13-40/h1-5,7-8,18,22,31H,6,9-17,19-20H2,(H,34,42)(H,35,36)/t22-/m1/s1. The second-order valence-electron chi connectivity index (χ2n) is 11.3. The molecule has 3 aliphatic rings. The van der Waals surface area contributed by atoms with Crippen molar-refractivity contribution in [3.05, 3.63) is 53.7 Å². The molecule has 13 heteroatoms. The summed E-state index contributed by atoms with van der Waals surface area (Å²) >= 11 is 1.45. The maximum absolute atomic E-state index is 13.1. The van der Waals surface area contributed by atoms with Crippen LogP contribution in [0.3, 0.4) is 0 Å². The third-order valence-electron chi connectivity index (χ3n) is 8.53. The SMILES string of the molecule is O=C(N[C@@H]1CCN(CC(=O)N2CCN(c3ccc(-c4ncccn4)cc3)CC2)C1)c1cc2c(N3CCNCC3)n[nH]c2s1. The number of H-pyrrole nitrogens is 1. The van der Waals surface area contributed by atoms with E-state index in [4.69, 9.17) is 0 Å². The van der Waals surface area contributed by atoms with E-state index in [9.17, 15) is 9.59 Å². The van der Waals surface area contributed by atoms with Gasteiger partial charge in [0.15, 0.2) is 11.6 Å². The molecule has 3 aliphatic heterocycles. The van der Waals surface area contributed by atoms with Crippen molar-refractivity contribution in [3.63, 3.8) is 0 Å². The van der Waals surface area contributed by atoms with Gasteiger partial charge in [0.2, 0.25) is 5.91 Å². The van der Waals surface area contributed by atoms with Crippen molar-refractivity contribution in [3.8, 4) is 11.4 Å². The number of carbonyl (C=O) groups is 2. The summed E-state index contributed by atoms with van der Waals surface area (Å²) in [6.45, 7) is 8.55. The molecule has 4 aromatic rings. The lowest BCUT2D eigenvalue weighted by Gasteiger charge is -2.36. The Bertz CT molecular complexity index is 1560. The van der Waals surface area contributed by atoms with Crippen LogP contribution in [0.4, 0.5) is 11.5 Å². The number of aromatic amines is 1. The predicted molar refractivity (Wildman–Crippen MR) is 168 cm³/mol. The lowest BCUT2D eigenvalue weighted by atomic mass is 10.1. The van der Waals surface area contributed by atoms with E-state index in [2.05, 4.69) is 57.6 Å². The normalized spacial score (nSPS) is 19.7. The van der Waals surface area contributed by atoms with Gasteiger partial charge < -0.3 is 25.3 Å². The molecule has 43 heavy (non-hydrogen) atoms. The zero-order chi connectivity index (χ0) is 29.2. The number of amides is 2. The molecule has 1 aromatic carbocycles. The number of carbonyl (C=O) groups excluding carboxylic acids is 2. The van der Waals surface area contributed by atoms with Crippen molar-refractivity contribution in [2.45, 2.75) is 12.5 Å². The van der Waals surface area contributed by atoms with Gasteiger partial charge in [-0.2, -0.15) is 5.10 Å². The third kappa shape index (κ3) is 6.05. The predicted octanol–water partition coefficient (Wildman–Crippen LogP) is 1.64. The number of hydrogen-bond acceptors (Lipinski definition) is 10. The molecule has 6 heterocycles. The van der Waals surface area contributed by atoms with E-state index in [1.54, 1.807) is 12.4 Å². The fourth-order valence-corrected chi connectivity index (χ4v) is 7.06. The van der Waals surface area contributed by atoms with Gasteiger partial charge in [-0.05, 0) is 42.8 Å². The van der Waals surface area contributed by atoms with E-state index in [0.717, 1.165) is 85.3 Å². The Balaban J connectivity index is 0.874. The maximum Gasteiger partial charge on any atom is 0.261 e. The van der Waals surface area contributed by atoms with Gasteiger partial charge in [-0.25, -0.2) is 9.97 Å². The van der Waals surface area contributed by atoms with Crippen molar-refractivity contribution in [1.82, 2.24) is 40.6 Å². The summed E-state index contributed by atoms with van der Waals surface area (Å²) in [5, 5.41) is 15.2. The number of thiophene rings is 1. The average Bonchev–Trinajstić information content (AvgIpc) is 3.79. The van der Waals surface area contributed by atoms with Crippen molar-refractivity contribution in [2.75, 3.05) is 81.8 Å². The zero-order valence-corrected chi connectivity index (χ0v) is 24.9. The molecule has 0 bridgehead atoms. The number of nitrogens with one attached hydrogen (secondary N) is 3. The molecule has 0 saturated carbocycles. The summed E-state index contributed by atoms with van der Waals surface area (Å²) in [4.78, 5) is 45.2. The van der Waals surface area contributed by atoms with E-state index >= 15 is 0 Å². The number of likely N-dealkylation sites (tertiary alicyclic amines) is 1. The van der Waals surface area contributed by atoms with Gasteiger partial charge >= 0.3 is 0 Å². The number of nitrogens with zero attached hydrogens (tertiary/aromatic N) is 7. The minimum atomic E-state index is -0.0560. The summed E-state index contributed by atoms with van der Waals surface area (Å²) < 4.78 is 0. The Morgan fingerprint density at radius 3 is 2.49 bits per heavy atom. The molecule has 0 radical (unpaired) electrons. The van der Waals surface area contributed by atoms with Gasteiger partial charge in [-0.3, -0.25) is 19.6 Å². The second kappa shape index (κ2) is 12.3. The number of piperazine rings is 2. The molecule has 3 fully saturated rings. The first-order chi connectivity index (χ1) is 21.1. The highest BCUT2D eigenvalue weighted by molar-refractivity contribution is 7.20. The molecule has 0 unspecified atom stereocenters. The molecule has 12 nitrogen and oxygen atoms in total. The van der Waals surface area contributed by atoms with Gasteiger partial charge in [0, 0.05) is 95.1 Å². The molecular formula is C30H36N10O2S. The van der Waals surface area contributed by atoms with Crippen molar-refractivity contribution in [2.24, 2.45) is 0 Å². The van der Waals surface area contributed by atoms with Crippen molar-refractivity contribution >= 4 is 44.9 Å². The molecule has 2 amide bonds. The van der Waals surface area contributed by atoms with Crippen LogP contribution in [-0.2, 0) is 4.79 Å². The Kier molecular flexibility index (Phi) is 7.92. The third-order valence-corrected chi connectivity index (χ3v) is 9.57. The Hall–Kier alpha value is -4.07. The van der Waals surface area contributed by atoms with Crippen LogP contribution in [0.25, 0.3) is 21.6 Å². The fraction of sp³-hybridized carbons (Fsp3) is 0.433. The Morgan fingerprint density at radius 2 is 1.72 bits per heavy atom. The topological polar surface area (TPSA) is 126 Å². The van der Waals surface area contributed by atoms with Crippen molar-refractivity contribution < 1.29 is 9.59 Å². The van der Waals surface area contributed by atoms with Crippen LogP contribution in [-0.4, -0.2) is 120 Å². The number of hydrogen-bond donors (Lipinski definition) is 3. The van der Waals surface area contributed by atoms with Crippen LogP contribution in [0, 0.1) is 0 Å². The fourth-order valence-electron chi connectivity index (χ4n) is 6.16. The minimum absolute atomic E-state index is 0.0348. The Morgan fingerprint density at radius 1 is 0.953 bits per heavy atom. The monoisotopic (exact) mass is 600 g/mol. The molecule has 0 aliphatic carbocycles. The number of anilines is 2. The minimum Gasteiger partial charge on any atom is -0.368 e. The first-order valence-corrected chi connectivity index (χ1v) is 15.8. The smallest absolute Gasteiger partial charge is 0.261 e. The summed E-state index contributed by atoms with van der Waals surface area (Å²) in [6.07, 6.45) is 4.34. The Labute approximate surface area is 254 Å².